The topological polar surface area (TPSA) is 82.6 Å². The van der Waals surface area contributed by atoms with Crippen molar-refractivity contribution in [3.05, 3.63) is 54.0 Å². The van der Waals surface area contributed by atoms with Crippen LogP contribution >= 0.6 is 0 Å². The molecule has 1 aliphatic heterocycles. The number of carbonyl (C=O) groups is 1. The molecule has 1 amide bonds. The average molecular weight is 449 g/mol. The molecule has 0 atom stereocenters. The van der Waals surface area contributed by atoms with Gasteiger partial charge in [0.1, 0.15) is 11.6 Å². The van der Waals surface area contributed by atoms with E-state index in [0.29, 0.717) is 13.0 Å². The number of aromatic nitrogens is 1. The smallest absolute Gasteiger partial charge is 0.242 e. The van der Waals surface area contributed by atoms with E-state index in [4.69, 9.17) is 0 Å². The molecule has 3 rings (SSSR count). The fraction of sp³-hybridized carbons (Fsp3) is 0.455. The van der Waals surface area contributed by atoms with E-state index in [0.717, 1.165) is 49.4 Å². The molecular weight excluding hydrogens is 419 g/mol. The summed E-state index contributed by atoms with van der Waals surface area (Å²) in [7, 11) is -2.25. The molecule has 0 spiro atoms. The highest BCUT2D eigenvalue weighted by molar-refractivity contribution is 7.89. The number of nitrogens with one attached hydrogen (secondary N) is 1. The zero-order valence-electron chi connectivity index (χ0n) is 17.8. The molecule has 2 aromatic rings. The van der Waals surface area contributed by atoms with Gasteiger partial charge in [-0.3, -0.25) is 4.79 Å². The molecular formula is C22H29FN4O3S. The molecule has 9 heteroatoms. The zero-order chi connectivity index (χ0) is 22.3. The predicted molar refractivity (Wildman–Crippen MR) is 118 cm³/mol. The van der Waals surface area contributed by atoms with Gasteiger partial charge in [0.2, 0.25) is 15.9 Å². The second-order valence-corrected chi connectivity index (χ2v) is 9.74. The fourth-order valence-corrected chi connectivity index (χ4v) is 4.82. The first kappa shape index (κ1) is 23.1. The summed E-state index contributed by atoms with van der Waals surface area (Å²) >= 11 is 0. The molecule has 168 valence electrons. The van der Waals surface area contributed by atoms with Gasteiger partial charge in [-0.25, -0.2) is 22.1 Å². The Morgan fingerprint density at radius 2 is 1.87 bits per heavy atom. The van der Waals surface area contributed by atoms with Gasteiger partial charge in [-0.2, -0.15) is 0 Å². The highest BCUT2D eigenvalue weighted by Crippen LogP contribution is 2.21. The summed E-state index contributed by atoms with van der Waals surface area (Å²) in [4.78, 5) is 19.1. The molecule has 7 nitrogen and oxygen atoms in total. The summed E-state index contributed by atoms with van der Waals surface area (Å²) in [5.41, 5.74) is 0.980. The van der Waals surface area contributed by atoms with E-state index in [1.165, 1.54) is 29.9 Å². The van der Waals surface area contributed by atoms with Gasteiger partial charge in [-0.1, -0.05) is 6.07 Å². The number of rotatable bonds is 9. The number of piperidine rings is 1. The van der Waals surface area contributed by atoms with Crippen molar-refractivity contribution < 1.29 is 17.6 Å². The van der Waals surface area contributed by atoms with Gasteiger partial charge in [0.05, 0.1) is 4.90 Å². The van der Waals surface area contributed by atoms with E-state index in [2.05, 4.69) is 15.2 Å². The summed E-state index contributed by atoms with van der Waals surface area (Å²) in [5.74, 6) is 0.295. The van der Waals surface area contributed by atoms with Crippen LogP contribution in [0.5, 0.6) is 0 Å². The van der Waals surface area contributed by atoms with E-state index in [9.17, 15) is 17.6 Å². The molecule has 0 bridgehead atoms. The Balaban J connectivity index is 1.47. The van der Waals surface area contributed by atoms with Crippen molar-refractivity contribution in [2.24, 2.45) is 0 Å². The van der Waals surface area contributed by atoms with Crippen LogP contribution in [0.15, 0.2) is 47.5 Å². The van der Waals surface area contributed by atoms with Gasteiger partial charge in [-0.05, 0) is 56.0 Å². The van der Waals surface area contributed by atoms with Crippen molar-refractivity contribution in [2.45, 2.75) is 43.5 Å². The number of sulfonamides is 1. The minimum absolute atomic E-state index is 0.0303. The molecule has 1 fully saturated rings. The first-order valence-corrected chi connectivity index (χ1v) is 12.0. The normalized spacial score (nSPS) is 14.6. The third-order valence-electron chi connectivity index (χ3n) is 5.40. The predicted octanol–water partition coefficient (Wildman–Crippen LogP) is 2.93. The van der Waals surface area contributed by atoms with Gasteiger partial charge < -0.3 is 10.2 Å². The molecule has 1 aliphatic rings. The minimum Gasteiger partial charge on any atom is -0.356 e. The number of pyridine rings is 1. The van der Waals surface area contributed by atoms with E-state index < -0.39 is 15.8 Å². The van der Waals surface area contributed by atoms with Gasteiger partial charge in [0.25, 0.3) is 0 Å². The molecule has 0 unspecified atom stereocenters. The van der Waals surface area contributed by atoms with E-state index in [1.807, 2.05) is 12.1 Å². The Morgan fingerprint density at radius 3 is 2.58 bits per heavy atom. The van der Waals surface area contributed by atoms with Crippen molar-refractivity contribution in [1.82, 2.24) is 14.6 Å². The number of benzene rings is 1. The standard InChI is InChI=1S/C22H29FN4O3S/c1-26(31(29,30)20-11-9-19(23)10-12-20)14-6-8-21(28)25-17-18-7-5-13-24-22(18)27-15-3-2-4-16-27/h5,7,9-13H,2-4,6,8,14-17H2,1H3,(H,25,28). The van der Waals surface area contributed by atoms with Gasteiger partial charge >= 0.3 is 0 Å². The lowest BCUT2D eigenvalue weighted by Gasteiger charge is -2.29. The lowest BCUT2D eigenvalue weighted by Crippen LogP contribution is -2.32. The maximum atomic E-state index is 13.0. The molecule has 0 aliphatic carbocycles. The number of anilines is 1. The summed E-state index contributed by atoms with van der Waals surface area (Å²) in [6.07, 6.45) is 5.90. The largest absolute Gasteiger partial charge is 0.356 e. The molecule has 31 heavy (non-hydrogen) atoms. The van der Waals surface area contributed by atoms with Gasteiger partial charge in [-0.15, -0.1) is 0 Å². The number of halogens is 1. The van der Waals surface area contributed by atoms with Crippen molar-refractivity contribution in [1.29, 1.82) is 0 Å². The summed E-state index contributed by atoms with van der Waals surface area (Å²) in [5, 5.41) is 2.91. The minimum atomic E-state index is -3.71. The molecule has 2 heterocycles. The Hall–Kier alpha value is -2.52. The van der Waals surface area contributed by atoms with Crippen LogP contribution in [0.2, 0.25) is 0 Å². The summed E-state index contributed by atoms with van der Waals surface area (Å²) in [6.45, 7) is 2.54. The lowest BCUT2D eigenvalue weighted by atomic mass is 10.1. The lowest BCUT2D eigenvalue weighted by molar-refractivity contribution is -0.121. The Labute approximate surface area is 183 Å². The van der Waals surface area contributed by atoms with Crippen LogP contribution < -0.4 is 10.2 Å². The number of hydrogen-bond acceptors (Lipinski definition) is 5. The number of carbonyl (C=O) groups excluding carboxylic acids is 1. The Kier molecular flexibility index (Phi) is 7.97. The number of nitrogens with zero attached hydrogens (tertiary/aromatic N) is 3. The quantitative estimate of drug-likeness (QED) is 0.638. The monoisotopic (exact) mass is 448 g/mol. The van der Waals surface area contributed by atoms with Gasteiger partial charge in [0.15, 0.2) is 0 Å². The van der Waals surface area contributed by atoms with E-state index in [-0.39, 0.29) is 23.8 Å². The molecule has 0 radical (unpaired) electrons. The SMILES string of the molecule is CN(CCCC(=O)NCc1cccnc1N1CCCCC1)S(=O)(=O)c1ccc(F)cc1. The maximum absolute atomic E-state index is 13.0. The van der Waals surface area contributed by atoms with Gasteiger partial charge in [0, 0.05) is 51.4 Å². The maximum Gasteiger partial charge on any atom is 0.242 e. The molecule has 0 saturated carbocycles. The summed E-state index contributed by atoms with van der Waals surface area (Å²) in [6, 6.07) is 8.55. The van der Waals surface area contributed by atoms with E-state index in [1.54, 1.807) is 6.20 Å². The molecule has 1 aromatic heterocycles. The Morgan fingerprint density at radius 1 is 1.16 bits per heavy atom. The van der Waals surface area contributed by atoms with Crippen LogP contribution in [0.4, 0.5) is 10.2 Å². The van der Waals surface area contributed by atoms with Crippen LogP contribution in [-0.4, -0.2) is 50.3 Å². The fourth-order valence-electron chi connectivity index (χ4n) is 3.61. The molecule has 1 saturated heterocycles. The Bertz CT molecular complexity index is 977. The third-order valence-corrected chi connectivity index (χ3v) is 7.27. The first-order chi connectivity index (χ1) is 14.9. The van der Waals surface area contributed by atoms with E-state index >= 15 is 0 Å². The van der Waals surface area contributed by atoms with Crippen LogP contribution in [0.3, 0.4) is 0 Å². The average Bonchev–Trinajstić information content (AvgIpc) is 2.78. The highest BCUT2D eigenvalue weighted by Gasteiger charge is 2.21. The number of amides is 1. The van der Waals surface area contributed by atoms with Crippen LogP contribution in [-0.2, 0) is 21.4 Å². The van der Waals surface area contributed by atoms with Crippen molar-refractivity contribution in [3.8, 4) is 0 Å². The number of hydrogen-bond donors (Lipinski definition) is 1. The molecule has 1 N–H and O–H groups in total. The van der Waals surface area contributed by atoms with Crippen molar-refractivity contribution in [3.63, 3.8) is 0 Å². The van der Waals surface area contributed by atoms with Crippen LogP contribution in [0.25, 0.3) is 0 Å². The second-order valence-electron chi connectivity index (χ2n) is 7.69. The van der Waals surface area contributed by atoms with Crippen molar-refractivity contribution >= 4 is 21.7 Å². The molecule has 1 aromatic carbocycles. The highest BCUT2D eigenvalue weighted by atomic mass is 32.2. The zero-order valence-corrected chi connectivity index (χ0v) is 18.6. The summed E-state index contributed by atoms with van der Waals surface area (Å²) < 4.78 is 39.2. The second kappa shape index (κ2) is 10.7. The van der Waals surface area contributed by atoms with Crippen molar-refractivity contribution in [2.75, 3.05) is 31.6 Å². The van der Waals surface area contributed by atoms with Crippen LogP contribution in [0, 0.1) is 5.82 Å². The van der Waals surface area contributed by atoms with Crippen LogP contribution in [0.1, 0.15) is 37.7 Å². The first-order valence-electron chi connectivity index (χ1n) is 10.6. The third kappa shape index (κ3) is 6.24.